The highest BCUT2D eigenvalue weighted by atomic mass is 16.5. The van der Waals surface area contributed by atoms with E-state index >= 15 is 0 Å². The Morgan fingerprint density at radius 2 is 1.83 bits per heavy atom. The summed E-state index contributed by atoms with van der Waals surface area (Å²) in [5.41, 5.74) is 1.75. The van der Waals surface area contributed by atoms with Gasteiger partial charge in [-0.1, -0.05) is 0 Å². The van der Waals surface area contributed by atoms with Gasteiger partial charge in [0.05, 0.1) is 25.6 Å². The molecule has 1 unspecified atom stereocenters. The van der Waals surface area contributed by atoms with Crippen LogP contribution >= 0.6 is 0 Å². The maximum absolute atomic E-state index is 12.8. The van der Waals surface area contributed by atoms with Gasteiger partial charge in [0.1, 0.15) is 17.5 Å². The van der Waals surface area contributed by atoms with Crippen molar-refractivity contribution in [3.05, 3.63) is 58.1 Å². The summed E-state index contributed by atoms with van der Waals surface area (Å²) in [5.74, 6) is 1.07. The molecular weight excluding hydrogens is 374 g/mol. The average Bonchev–Trinajstić information content (AvgIpc) is 3.05. The van der Waals surface area contributed by atoms with Gasteiger partial charge in [-0.05, 0) is 45.0 Å². The summed E-state index contributed by atoms with van der Waals surface area (Å²) in [5, 5.41) is 11.5. The van der Waals surface area contributed by atoms with Crippen LogP contribution in [-0.4, -0.2) is 39.7 Å². The van der Waals surface area contributed by atoms with Crippen molar-refractivity contribution in [1.82, 2.24) is 19.6 Å². The largest absolute Gasteiger partial charge is 0.497 e. The Hall–Kier alpha value is -3.62. The molecule has 0 bridgehead atoms. The Kier molecular flexibility index (Phi) is 5.67. The lowest BCUT2D eigenvalue weighted by atomic mass is 10.2. The number of methoxy groups -OCH3 is 2. The SMILES string of the molecule is COc1ccc(OC)c(NC(=O)C(C)n2nc(-n3nc(C)cc3C)ccc2=O)c1. The minimum absolute atomic E-state index is 0.393. The number of rotatable bonds is 6. The summed E-state index contributed by atoms with van der Waals surface area (Å²) < 4.78 is 13.2. The normalized spacial score (nSPS) is 11.8. The molecule has 0 aliphatic carbocycles. The molecule has 29 heavy (non-hydrogen) atoms. The molecule has 1 atom stereocenters. The van der Waals surface area contributed by atoms with Crippen molar-refractivity contribution < 1.29 is 14.3 Å². The van der Waals surface area contributed by atoms with E-state index in [0.29, 0.717) is 23.0 Å². The molecule has 0 aliphatic rings. The van der Waals surface area contributed by atoms with Crippen molar-refractivity contribution >= 4 is 11.6 Å². The topological polar surface area (TPSA) is 100 Å². The van der Waals surface area contributed by atoms with Gasteiger partial charge in [0, 0.05) is 17.8 Å². The van der Waals surface area contributed by atoms with Gasteiger partial charge in [0.15, 0.2) is 5.82 Å². The second-order valence-corrected chi connectivity index (χ2v) is 6.54. The van der Waals surface area contributed by atoms with Crippen molar-refractivity contribution in [3.63, 3.8) is 0 Å². The fourth-order valence-corrected chi connectivity index (χ4v) is 2.93. The molecule has 0 radical (unpaired) electrons. The number of ether oxygens (including phenoxy) is 2. The Bertz CT molecular complexity index is 1100. The summed E-state index contributed by atoms with van der Waals surface area (Å²) in [6.07, 6.45) is 0. The van der Waals surface area contributed by atoms with Crippen molar-refractivity contribution in [2.24, 2.45) is 0 Å². The summed E-state index contributed by atoms with van der Waals surface area (Å²) in [6.45, 7) is 5.36. The lowest BCUT2D eigenvalue weighted by molar-refractivity contribution is -0.119. The first-order valence-corrected chi connectivity index (χ1v) is 9.00. The molecule has 0 fully saturated rings. The van der Waals surface area contributed by atoms with E-state index in [0.717, 1.165) is 16.1 Å². The van der Waals surface area contributed by atoms with Crippen molar-refractivity contribution in [3.8, 4) is 17.3 Å². The highest BCUT2D eigenvalue weighted by Gasteiger charge is 2.20. The molecule has 152 valence electrons. The van der Waals surface area contributed by atoms with Gasteiger partial charge >= 0.3 is 0 Å². The first-order valence-electron chi connectivity index (χ1n) is 9.00. The van der Waals surface area contributed by atoms with Crippen LogP contribution in [0, 0.1) is 13.8 Å². The quantitative estimate of drug-likeness (QED) is 0.685. The fraction of sp³-hybridized carbons (Fsp3) is 0.300. The summed E-state index contributed by atoms with van der Waals surface area (Å²) in [7, 11) is 3.04. The van der Waals surface area contributed by atoms with E-state index in [1.165, 1.54) is 20.3 Å². The first kappa shape index (κ1) is 20.1. The average molecular weight is 397 g/mol. The first-order chi connectivity index (χ1) is 13.8. The number of hydrogen-bond acceptors (Lipinski definition) is 6. The highest BCUT2D eigenvalue weighted by Crippen LogP contribution is 2.29. The van der Waals surface area contributed by atoms with Crippen molar-refractivity contribution in [2.75, 3.05) is 19.5 Å². The molecule has 1 aromatic carbocycles. The van der Waals surface area contributed by atoms with E-state index in [2.05, 4.69) is 15.5 Å². The smallest absolute Gasteiger partial charge is 0.267 e. The molecule has 0 aliphatic heterocycles. The molecule has 3 aromatic rings. The summed E-state index contributed by atoms with van der Waals surface area (Å²) in [6, 6.07) is 9.04. The van der Waals surface area contributed by atoms with E-state index in [-0.39, 0.29) is 0 Å². The van der Waals surface area contributed by atoms with E-state index in [9.17, 15) is 9.59 Å². The Morgan fingerprint density at radius 1 is 1.07 bits per heavy atom. The van der Waals surface area contributed by atoms with Gasteiger partial charge in [-0.2, -0.15) is 5.10 Å². The Labute approximate surface area is 167 Å². The maximum Gasteiger partial charge on any atom is 0.267 e. The number of amides is 1. The molecule has 0 saturated carbocycles. The molecule has 3 rings (SSSR count). The van der Waals surface area contributed by atoms with Gasteiger partial charge in [-0.25, -0.2) is 9.36 Å². The van der Waals surface area contributed by atoms with Crippen LogP contribution in [0.15, 0.2) is 41.2 Å². The predicted molar refractivity (Wildman–Crippen MR) is 108 cm³/mol. The second-order valence-electron chi connectivity index (χ2n) is 6.54. The molecular formula is C20H23N5O4. The number of benzene rings is 1. The second kappa shape index (κ2) is 8.17. The van der Waals surface area contributed by atoms with Crippen LogP contribution in [0.25, 0.3) is 5.82 Å². The molecule has 9 nitrogen and oxygen atoms in total. The van der Waals surface area contributed by atoms with Crippen molar-refractivity contribution in [1.29, 1.82) is 0 Å². The van der Waals surface area contributed by atoms with E-state index < -0.39 is 17.5 Å². The molecule has 2 aromatic heterocycles. The number of aromatic nitrogens is 4. The predicted octanol–water partition coefficient (Wildman–Crippen LogP) is 2.26. The minimum atomic E-state index is -0.865. The number of aryl methyl sites for hydroxylation is 2. The lowest BCUT2D eigenvalue weighted by Gasteiger charge is -2.17. The molecule has 0 spiro atoms. The van der Waals surface area contributed by atoms with E-state index in [1.54, 1.807) is 35.9 Å². The molecule has 9 heteroatoms. The molecule has 2 heterocycles. The summed E-state index contributed by atoms with van der Waals surface area (Å²) in [4.78, 5) is 25.2. The number of hydrogen-bond donors (Lipinski definition) is 1. The Morgan fingerprint density at radius 3 is 2.45 bits per heavy atom. The number of anilines is 1. The highest BCUT2D eigenvalue weighted by molar-refractivity contribution is 5.95. The van der Waals surface area contributed by atoms with Crippen LogP contribution in [0.4, 0.5) is 5.69 Å². The number of carbonyl (C=O) groups is 1. The van der Waals surface area contributed by atoms with Gasteiger partial charge in [0.2, 0.25) is 5.91 Å². The summed E-state index contributed by atoms with van der Waals surface area (Å²) >= 11 is 0. The minimum Gasteiger partial charge on any atom is -0.497 e. The third-order valence-corrected chi connectivity index (χ3v) is 4.45. The van der Waals surface area contributed by atoms with Crippen LogP contribution in [-0.2, 0) is 4.79 Å². The van der Waals surface area contributed by atoms with Gasteiger partial charge in [0.25, 0.3) is 5.56 Å². The van der Waals surface area contributed by atoms with Crippen LogP contribution in [0.1, 0.15) is 24.4 Å². The zero-order valence-electron chi connectivity index (χ0n) is 17.0. The van der Waals surface area contributed by atoms with Crippen LogP contribution in [0.5, 0.6) is 11.5 Å². The number of nitrogens with one attached hydrogen (secondary N) is 1. The lowest BCUT2D eigenvalue weighted by Crippen LogP contribution is -2.33. The van der Waals surface area contributed by atoms with Gasteiger partial charge < -0.3 is 14.8 Å². The molecule has 1 N–H and O–H groups in total. The maximum atomic E-state index is 12.8. The zero-order chi connectivity index (χ0) is 21.1. The van der Waals surface area contributed by atoms with Crippen molar-refractivity contribution in [2.45, 2.75) is 26.8 Å². The van der Waals surface area contributed by atoms with Gasteiger partial charge in [-0.15, -0.1) is 5.10 Å². The number of carbonyl (C=O) groups excluding carboxylic acids is 1. The van der Waals surface area contributed by atoms with Crippen LogP contribution in [0.2, 0.25) is 0 Å². The zero-order valence-corrected chi connectivity index (χ0v) is 17.0. The standard InChI is InChI=1S/C20H23N5O4/c1-12-10-13(2)24(22-12)18-8-9-19(26)25(23-18)14(3)20(27)21-16-11-15(28-4)6-7-17(16)29-5/h6-11,14H,1-5H3,(H,21,27). The molecule has 0 saturated heterocycles. The van der Waals surface area contributed by atoms with E-state index in [1.807, 2.05) is 19.9 Å². The Balaban J connectivity index is 1.91. The van der Waals surface area contributed by atoms with E-state index in [4.69, 9.17) is 9.47 Å². The van der Waals surface area contributed by atoms with Gasteiger partial charge in [-0.3, -0.25) is 9.59 Å². The van der Waals surface area contributed by atoms with Crippen LogP contribution in [0.3, 0.4) is 0 Å². The third-order valence-electron chi connectivity index (χ3n) is 4.45. The molecule has 1 amide bonds. The number of nitrogens with zero attached hydrogens (tertiary/aromatic N) is 4. The van der Waals surface area contributed by atoms with Crippen LogP contribution < -0.4 is 20.3 Å². The fourth-order valence-electron chi connectivity index (χ4n) is 2.93. The monoisotopic (exact) mass is 397 g/mol. The third kappa shape index (κ3) is 4.13.